The molecule has 0 aliphatic carbocycles. The number of unbranched alkanes of at least 4 members (excludes halogenated alkanes) is 4. The maximum absolute atomic E-state index is 11.3. The molecule has 0 aromatic heterocycles. The van der Waals surface area contributed by atoms with Crippen molar-refractivity contribution in [2.45, 2.75) is 51.4 Å². The fourth-order valence-corrected chi connectivity index (χ4v) is 2.76. The first-order valence-electron chi connectivity index (χ1n) is 10.8. The predicted molar refractivity (Wildman–Crippen MR) is 119 cm³/mol. The average molecular weight is 451 g/mol. The van der Waals surface area contributed by atoms with E-state index in [1.165, 1.54) is 27.4 Å². The highest BCUT2D eigenvalue weighted by Crippen LogP contribution is 2.29. The van der Waals surface area contributed by atoms with Crippen LogP contribution in [-0.4, -0.2) is 52.5 Å². The van der Waals surface area contributed by atoms with E-state index in [2.05, 4.69) is 14.2 Å². The Balaban J connectivity index is 2.59. The molecule has 1 rings (SSSR count). The third-order valence-electron chi connectivity index (χ3n) is 4.60. The van der Waals surface area contributed by atoms with Gasteiger partial charge < -0.3 is 23.7 Å². The molecular weight excluding hydrogens is 416 g/mol. The number of methoxy groups -OCH3 is 3. The van der Waals surface area contributed by atoms with Crippen LogP contribution < -0.4 is 9.47 Å². The molecule has 0 amide bonds. The number of hydrogen-bond donors (Lipinski definition) is 0. The summed E-state index contributed by atoms with van der Waals surface area (Å²) in [6.45, 7) is 0.967. The zero-order valence-electron chi connectivity index (χ0n) is 19.2. The molecule has 0 saturated heterocycles. The third-order valence-corrected chi connectivity index (χ3v) is 4.60. The van der Waals surface area contributed by atoms with Crippen LogP contribution in [0.2, 0.25) is 0 Å². The van der Waals surface area contributed by atoms with E-state index in [-0.39, 0.29) is 11.9 Å². The minimum absolute atomic E-state index is 0.205. The van der Waals surface area contributed by atoms with Crippen LogP contribution in [0.15, 0.2) is 24.3 Å². The lowest BCUT2D eigenvalue weighted by atomic mass is 10.1. The van der Waals surface area contributed by atoms with E-state index in [1.54, 1.807) is 18.2 Å². The summed E-state index contributed by atoms with van der Waals surface area (Å²) in [4.78, 5) is 33.6. The average Bonchev–Trinajstić information content (AvgIpc) is 2.81. The van der Waals surface area contributed by atoms with E-state index >= 15 is 0 Å². The van der Waals surface area contributed by atoms with Gasteiger partial charge in [-0.15, -0.1) is 0 Å². The molecular formula is C24H34O8. The van der Waals surface area contributed by atoms with E-state index in [1.807, 2.05) is 6.07 Å². The van der Waals surface area contributed by atoms with E-state index in [0.29, 0.717) is 37.6 Å². The lowest BCUT2D eigenvalue weighted by molar-refractivity contribution is -0.141. The summed E-state index contributed by atoms with van der Waals surface area (Å²) in [7, 11) is 4.09. The van der Waals surface area contributed by atoms with Crippen molar-refractivity contribution in [2.24, 2.45) is 0 Å². The first-order valence-corrected chi connectivity index (χ1v) is 10.8. The zero-order valence-corrected chi connectivity index (χ0v) is 19.2. The Kier molecular flexibility index (Phi) is 14.0. The second-order valence-corrected chi connectivity index (χ2v) is 7.03. The number of carbonyl (C=O) groups excluding carboxylic acids is 3. The summed E-state index contributed by atoms with van der Waals surface area (Å²) in [5.41, 5.74) is 0.779. The molecule has 0 saturated carbocycles. The molecule has 8 heteroatoms. The molecule has 0 radical (unpaired) electrons. The van der Waals surface area contributed by atoms with Gasteiger partial charge in [-0.25, -0.2) is 4.79 Å². The van der Waals surface area contributed by atoms with Crippen LogP contribution in [0.5, 0.6) is 11.5 Å². The lowest BCUT2D eigenvalue weighted by Crippen LogP contribution is -2.04. The largest absolute Gasteiger partial charge is 0.490 e. The molecule has 1 aromatic rings. The van der Waals surface area contributed by atoms with Crippen LogP contribution in [0, 0.1) is 0 Å². The maximum atomic E-state index is 11.3. The number of benzene rings is 1. The number of carbonyl (C=O) groups is 3. The van der Waals surface area contributed by atoms with Crippen molar-refractivity contribution in [3.63, 3.8) is 0 Å². The minimum Gasteiger partial charge on any atom is -0.490 e. The summed E-state index contributed by atoms with van der Waals surface area (Å²) in [5.74, 6) is 0.342. The third kappa shape index (κ3) is 12.0. The molecule has 0 heterocycles. The number of rotatable bonds is 16. The molecule has 8 nitrogen and oxygen atoms in total. The van der Waals surface area contributed by atoms with Crippen LogP contribution in [0.25, 0.3) is 6.08 Å². The Morgan fingerprint density at radius 3 is 1.81 bits per heavy atom. The molecule has 0 aliphatic rings. The van der Waals surface area contributed by atoms with Gasteiger partial charge in [-0.3, -0.25) is 9.59 Å². The summed E-state index contributed by atoms with van der Waals surface area (Å²) in [6, 6.07) is 5.44. The molecule has 0 aliphatic heterocycles. The SMILES string of the molecule is COC(=O)C=Cc1ccc(OCCCCCC(=O)OC)c(OCCCCCC(=O)OC)c1. The smallest absolute Gasteiger partial charge is 0.330 e. The van der Waals surface area contributed by atoms with Crippen molar-refractivity contribution >= 4 is 24.0 Å². The predicted octanol–water partition coefficient (Wildman–Crippen LogP) is 4.10. The van der Waals surface area contributed by atoms with Crippen molar-refractivity contribution < 1.29 is 38.1 Å². The van der Waals surface area contributed by atoms with Crippen LogP contribution in [0.1, 0.15) is 56.9 Å². The fourth-order valence-electron chi connectivity index (χ4n) is 2.76. The summed E-state index contributed by atoms with van der Waals surface area (Å²) in [5, 5.41) is 0. The van der Waals surface area contributed by atoms with Crippen molar-refractivity contribution in [3.8, 4) is 11.5 Å². The molecule has 0 spiro atoms. The van der Waals surface area contributed by atoms with Gasteiger partial charge in [0.25, 0.3) is 0 Å². The standard InChI is InChI=1S/C24H34O8/c1-28-22(25)10-6-4-8-16-31-20-14-12-19(13-15-24(27)30-3)18-21(20)32-17-9-5-7-11-23(26)29-2/h12-15,18H,4-11,16-17H2,1-3H3. The van der Waals surface area contributed by atoms with Gasteiger partial charge in [-0.2, -0.15) is 0 Å². The normalized spacial score (nSPS) is 10.6. The maximum Gasteiger partial charge on any atom is 0.330 e. The van der Waals surface area contributed by atoms with Gasteiger partial charge in [-0.1, -0.05) is 6.07 Å². The number of esters is 3. The van der Waals surface area contributed by atoms with Crippen molar-refractivity contribution in [1.29, 1.82) is 0 Å². The van der Waals surface area contributed by atoms with E-state index in [9.17, 15) is 14.4 Å². The van der Waals surface area contributed by atoms with Gasteiger partial charge in [0, 0.05) is 18.9 Å². The highest BCUT2D eigenvalue weighted by Gasteiger charge is 2.08. The lowest BCUT2D eigenvalue weighted by Gasteiger charge is -2.14. The van der Waals surface area contributed by atoms with Gasteiger partial charge >= 0.3 is 17.9 Å². The van der Waals surface area contributed by atoms with Crippen LogP contribution in [0.3, 0.4) is 0 Å². The molecule has 0 unspecified atom stereocenters. The van der Waals surface area contributed by atoms with Crippen LogP contribution >= 0.6 is 0 Å². The van der Waals surface area contributed by atoms with E-state index in [0.717, 1.165) is 44.1 Å². The Hall–Kier alpha value is -3.03. The van der Waals surface area contributed by atoms with Gasteiger partial charge in [0.1, 0.15) is 0 Å². The van der Waals surface area contributed by atoms with E-state index in [4.69, 9.17) is 9.47 Å². The molecule has 0 bridgehead atoms. The minimum atomic E-state index is -0.439. The van der Waals surface area contributed by atoms with E-state index < -0.39 is 5.97 Å². The molecule has 178 valence electrons. The summed E-state index contributed by atoms with van der Waals surface area (Å²) < 4.78 is 25.7. The highest BCUT2D eigenvalue weighted by molar-refractivity contribution is 5.87. The van der Waals surface area contributed by atoms with Gasteiger partial charge in [0.05, 0.1) is 34.5 Å². The Labute approximate surface area is 189 Å². The molecule has 1 aromatic carbocycles. The molecule has 32 heavy (non-hydrogen) atoms. The monoisotopic (exact) mass is 450 g/mol. The second kappa shape index (κ2) is 16.6. The van der Waals surface area contributed by atoms with Gasteiger partial charge in [-0.05, 0) is 62.3 Å². The second-order valence-electron chi connectivity index (χ2n) is 7.03. The highest BCUT2D eigenvalue weighted by atomic mass is 16.5. The number of hydrogen-bond acceptors (Lipinski definition) is 8. The quantitative estimate of drug-likeness (QED) is 0.161. The first kappa shape index (κ1) is 27.0. The Morgan fingerprint density at radius 2 is 1.28 bits per heavy atom. The first-order chi connectivity index (χ1) is 15.5. The topological polar surface area (TPSA) is 97.4 Å². The van der Waals surface area contributed by atoms with Crippen LogP contribution in [0.4, 0.5) is 0 Å². The molecule has 0 N–H and O–H groups in total. The summed E-state index contributed by atoms with van der Waals surface area (Å²) >= 11 is 0. The molecule has 0 fully saturated rings. The van der Waals surface area contributed by atoms with Gasteiger partial charge in [0.15, 0.2) is 11.5 Å². The Morgan fingerprint density at radius 1 is 0.719 bits per heavy atom. The van der Waals surface area contributed by atoms with Crippen molar-refractivity contribution in [2.75, 3.05) is 34.5 Å². The van der Waals surface area contributed by atoms with Crippen LogP contribution in [-0.2, 0) is 28.6 Å². The molecule has 0 atom stereocenters. The Bertz CT molecular complexity index is 742. The summed E-state index contributed by atoms with van der Waals surface area (Å²) in [6.07, 6.45) is 8.56. The fraction of sp³-hybridized carbons (Fsp3) is 0.542. The van der Waals surface area contributed by atoms with Crippen molar-refractivity contribution in [1.82, 2.24) is 0 Å². The van der Waals surface area contributed by atoms with Gasteiger partial charge in [0.2, 0.25) is 0 Å². The number of ether oxygens (including phenoxy) is 5. The van der Waals surface area contributed by atoms with Crippen molar-refractivity contribution in [3.05, 3.63) is 29.8 Å². The zero-order chi connectivity index (χ0) is 23.6.